The van der Waals surface area contributed by atoms with E-state index < -0.39 is 6.55 Å². The third-order valence-electron chi connectivity index (χ3n) is 2.88. The Morgan fingerprint density at radius 3 is 2.76 bits per heavy atom. The fourth-order valence-electron chi connectivity index (χ4n) is 1.97. The van der Waals surface area contributed by atoms with Gasteiger partial charge in [0.2, 0.25) is 5.89 Å². The molecule has 116 valence electrons. The van der Waals surface area contributed by atoms with E-state index in [4.69, 9.17) is 4.52 Å². The van der Waals surface area contributed by atoms with Gasteiger partial charge in [0, 0.05) is 18.8 Å². The third kappa shape index (κ3) is 4.32. The first-order valence-corrected chi connectivity index (χ1v) is 6.75. The molecular formula is C13H19F2N5O. The van der Waals surface area contributed by atoms with Crippen LogP contribution in [0.1, 0.15) is 37.9 Å². The molecular weight excluding hydrogens is 280 g/mol. The minimum absolute atomic E-state index is 0.277. The van der Waals surface area contributed by atoms with Crippen LogP contribution >= 0.6 is 0 Å². The second-order valence-corrected chi connectivity index (χ2v) is 5.40. The lowest BCUT2D eigenvalue weighted by Gasteiger charge is -2.14. The van der Waals surface area contributed by atoms with E-state index in [-0.39, 0.29) is 6.54 Å². The van der Waals surface area contributed by atoms with Gasteiger partial charge in [0.15, 0.2) is 5.82 Å². The summed E-state index contributed by atoms with van der Waals surface area (Å²) in [5.41, 5.74) is 0. The second kappa shape index (κ2) is 6.75. The number of rotatable bonds is 7. The van der Waals surface area contributed by atoms with Gasteiger partial charge in [0.25, 0.3) is 0 Å². The largest absolute Gasteiger partial charge is 0.338 e. The minimum Gasteiger partial charge on any atom is -0.338 e. The highest BCUT2D eigenvalue weighted by Crippen LogP contribution is 2.14. The Bertz CT molecular complexity index is 566. The Kier molecular flexibility index (Phi) is 5.00. The molecule has 21 heavy (non-hydrogen) atoms. The summed E-state index contributed by atoms with van der Waals surface area (Å²) in [6.07, 6.45) is 3.38. The molecule has 0 spiro atoms. The molecule has 2 aromatic rings. The zero-order chi connectivity index (χ0) is 15.4. The van der Waals surface area contributed by atoms with Crippen molar-refractivity contribution in [1.29, 1.82) is 0 Å². The van der Waals surface area contributed by atoms with Gasteiger partial charge in [-0.15, -0.1) is 0 Å². The van der Waals surface area contributed by atoms with Crippen molar-refractivity contribution in [1.82, 2.24) is 24.6 Å². The number of hydrogen-bond acceptors (Lipinski definition) is 5. The van der Waals surface area contributed by atoms with Crippen molar-refractivity contribution in [2.24, 2.45) is 5.92 Å². The predicted octanol–water partition coefficient (Wildman–Crippen LogP) is 2.49. The maximum Gasteiger partial charge on any atom is 0.319 e. The van der Waals surface area contributed by atoms with Crippen molar-refractivity contribution in [2.45, 2.75) is 39.9 Å². The monoisotopic (exact) mass is 299 g/mol. The quantitative estimate of drug-likeness (QED) is 0.786. The average molecular weight is 299 g/mol. The highest BCUT2D eigenvalue weighted by Gasteiger charge is 2.15. The van der Waals surface area contributed by atoms with E-state index in [0.29, 0.717) is 30.0 Å². The normalized spacial score (nSPS) is 12.0. The molecule has 0 amide bonds. The minimum atomic E-state index is -2.59. The van der Waals surface area contributed by atoms with Gasteiger partial charge in [-0.3, -0.25) is 9.47 Å². The van der Waals surface area contributed by atoms with Gasteiger partial charge in [-0.25, -0.2) is 4.98 Å². The fourth-order valence-corrected chi connectivity index (χ4v) is 1.97. The van der Waals surface area contributed by atoms with E-state index in [1.807, 2.05) is 0 Å². The van der Waals surface area contributed by atoms with Crippen LogP contribution in [0, 0.1) is 5.92 Å². The van der Waals surface area contributed by atoms with Crippen molar-refractivity contribution >= 4 is 0 Å². The molecule has 0 radical (unpaired) electrons. The third-order valence-corrected chi connectivity index (χ3v) is 2.88. The van der Waals surface area contributed by atoms with Crippen LogP contribution in [0.15, 0.2) is 16.9 Å². The summed E-state index contributed by atoms with van der Waals surface area (Å²) < 4.78 is 31.4. The molecule has 2 heterocycles. The summed E-state index contributed by atoms with van der Waals surface area (Å²) >= 11 is 0. The number of nitrogens with zero attached hydrogens (tertiary/aromatic N) is 5. The molecule has 0 aliphatic heterocycles. The van der Waals surface area contributed by atoms with E-state index >= 15 is 0 Å². The first kappa shape index (κ1) is 15.6. The maximum atomic E-state index is 12.7. The Morgan fingerprint density at radius 1 is 1.33 bits per heavy atom. The number of halogens is 2. The van der Waals surface area contributed by atoms with Gasteiger partial charge in [-0.2, -0.15) is 13.8 Å². The Labute approximate surface area is 121 Å². The van der Waals surface area contributed by atoms with E-state index in [1.165, 1.54) is 12.4 Å². The number of imidazole rings is 1. The van der Waals surface area contributed by atoms with Crippen LogP contribution in [0.3, 0.4) is 0 Å². The van der Waals surface area contributed by atoms with Gasteiger partial charge in [0.1, 0.15) is 5.82 Å². The summed E-state index contributed by atoms with van der Waals surface area (Å²) in [4.78, 5) is 10.0. The standard InChI is InChI=1S/C13H19F2N5O/c1-9(2)6-10-17-12(21-18-10)8-19(3)7-11-16-4-5-20(11)13(14)15/h4-5,9,13H,6-8H2,1-3H3. The first-order valence-electron chi connectivity index (χ1n) is 6.75. The highest BCUT2D eigenvalue weighted by molar-refractivity contribution is 4.93. The Hall–Kier alpha value is -1.83. The van der Waals surface area contributed by atoms with Crippen LogP contribution in [0.4, 0.5) is 8.78 Å². The lowest BCUT2D eigenvalue weighted by Crippen LogP contribution is -2.20. The second-order valence-electron chi connectivity index (χ2n) is 5.40. The smallest absolute Gasteiger partial charge is 0.319 e. The van der Waals surface area contributed by atoms with E-state index in [0.717, 1.165) is 11.0 Å². The van der Waals surface area contributed by atoms with Crippen molar-refractivity contribution in [3.63, 3.8) is 0 Å². The lowest BCUT2D eigenvalue weighted by atomic mass is 10.1. The molecule has 0 bridgehead atoms. The molecule has 0 saturated heterocycles. The molecule has 0 N–H and O–H groups in total. The van der Waals surface area contributed by atoms with Crippen molar-refractivity contribution < 1.29 is 13.3 Å². The Morgan fingerprint density at radius 2 is 2.10 bits per heavy atom. The summed E-state index contributed by atoms with van der Waals surface area (Å²) in [5.74, 6) is 1.90. The molecule has 8 heteroatoms. The average Bonchev–Trinajstić information content (AvgIpc) is 2.98. The number of alkyl halides is 2. The van der Waals surface area contributed by atoms with Gasteiger partial charge in [-0.05, 0) is 13.0 Å². The molecule has 0 aliphatic carbocycles. The molecule has 6 nitrogen and oxygen atoms in total. The van der Waals surface area contributed by atoms with E-state index in [1.54, 1.807) is 11.9 Å². The van der Waals surface area contributed by atoms with Gasteiger partial charge >= 0.3 is 6.55 Å². The fraction of sp³-hybridized carbons (Fsp3) is 0.615. The van der Waals surface area contributed by atoms with E-state index in [2.05, 4.69) is 29.0 Å². The molecule has 0 fully saturated rings. The molecule has 0 aliphatic rings. The predicted molar refractivity (Wildman–Crippen MR) is 71.5 cm³/mol. The molecule has 2 aromatic heterocycles. The van der Waals surface area contributed by atoms with Crippen LogP contribution in [-0.2, 0) is 19.5 Å². The Balaban J connectivity index is 1.93. The SMILES string of the molecule is CC(C)Cc1noc(CN(C)Cc2nccn2C(F)F)n1. The van der Waals surface area contributed by atoms with Crippen LogP contribution < -0.4 is 0 Å². The molecule has 0 unspecified atom stereocenters. The topological polar surface area (TPSA) is 60.0 Å². The summed E-state index contributed by atoms with van der Waals surface area (Å²) in [7, 11) is 1.79. The van der Waals surface area contributed by atoms with Crippen molar-refractivity contribution in [2.75, 3.05) is 7.05 Å². The van der Waals surface area contributed by atoms with Gasteiger partial charge < -0.3 is 4.52 Å². The van der Waals surface area contributed by atoms with Gasteiger partial charge in [0.05, 0.1) is 13.1 Å². The summed E-state index contributed by atoms with van der Waals surface area (Å²) in [6.45, 7) is 2.23. The molecule has 0 saturated carbocycles. The van der Waals surface area contributed by atoms with Gasteiger partial charge in [-0.1, -0.05) is 19.0 Å². The van der Waals surface area contributed by atoms with Crippen molar-refractivity contribution in [3.05, 3.63) is 29.9 Å². The van der Waals surface area contributed by atoms with Crippen LogP contribution in [0.25, 0.3) is 0 Å². The highest BCUT2D eigenvalue weighted by atomic mass is 19.3. The molecule has 2 rings (SSSR count). The summed E-state index contributed by atoms with van der Waals surface area (Å²) in [6, 6.07) is 0. The van der Waals surface area contributed by atoms with E-state index in [9.17, 15) is 8.78 Å². The summed E-state index contributed by atoms with van der Waals surface area (Å²) in [5, 5.41) is 3.90. The van der Waals surface area contributed by atoms with Crippen molar-refractivity contribution in [3.8, 4) is 0 Å². The zero-order valence-electron chi connectivity index (χ0n) is 12.3. The number of hydrogen-bond donors (Lipinski definition) is 0. The zero-order valence-corrected chi connectivity index (χ0v) is 12.3. The lowest BCUT2D eigenvalue weighted by molar-refractivity contribution is 0.0642. The number of aromatic nitrogens is 4. The maximum absolute atomic E-state index is 12.7. The van der Waals surface area contributed by atoms with Crippen LogP contribution in [-0.4, -0.2) is 31.6 Å². The van der Waals surface area contributed by atoms with Crippen LogP contribution in [0.5, 0.6) is 0 Å². The first-order chi connectivity index (χ1) is 9.95. The molecule has 0 atom stereocenters. The van der Waals surface area contributed by atoms with Crippen LogP contribution in [0.2, 0.25) is 0 Å². The molecule has 0 aromatic carbocycles.